The molecule has 6 heteroatoms. The summed E-state index contributed by atoms with van der Waals surface area (Å²) < 4.78 is 1.68. The molecule has 4 nitrogen and oxygen atoms in total. The maximum atomic E-state index is 12.6. The van der Waals surface area contributed by atoms with E-state index < -0.39 is 0 Å². The van der Waals surface area contributed by atoms with Gasteiger partial charge in [0.1, 0.15) is 5.02 Å². The molecule has 3 aromatic carbocycles. The number of anilines is 1. The van der Waals surface area contributed by atoms with E-state index in [0.717, 1.165) is 16.7 Å². The van der Waals surface area contributed by atoms with Gasteiger partial charge in [-0.25, -0.2) is 0 Å². The van der Waals surface area contributed by atoms with Crippen molar-refractivity contribution in [3.05, 3.63) is 106 Å². The molecule has 4 aromatic rings. The fourth-order valence-corrected chi connectivity index (χ4v) is 3.29. The number of hydrogen-bond acceptors (Lipinski definition) is 2. The van der Waals surface area contributed by atoms with Crippen molar-refractivity contribution in [1.82, 2.24) is 9.78 Å². The molecule has 0 bridgehead atoms. The van der Waals surface area contributed by atoms with Gasteiger partial charge in [-0.15, -0.1) is 0 Å². The standard InChI is InChI=1S/C23H17Cl2N3O/c24-20-12-6-16(7-13-20)14-28-15-21(25)22(27-28)26-23(29)19-10-8-18(9-11-19)17-4-2-1-3-5-17/h1-13,15H,14H2,(H,26,27,29). The van der Waals surface area contributed by atoms with E-state index in [1.165, 1.54) is 0 Å². The van der Waals surface area contributed by atoms with E-state index in [4.69, 9.17) is 23.2 Å². The maximum absolute atomic E-state index is 12.6. The number of rotatable bonds is 5. The van der Waals surface area contributed by atoms with Gasteiger partial charge < -0.3 is 5.32 Å². The normalized spacial score (nSPS) is 10.7. The summed E-state index contributed by atoms with van der Waals surface area (Å²) in [6.07, 6.45) is 1.68. The molecule has 4 rings (SSSR count). The number of halogens is 2. The molecule has 29 heavy (non-hydrogen) atoms. The van der Waals surface area contributed by atoms with Crippen molar-refractivity contribution in [3.8, 4) is 11.1 Å². The van der Waals surface area contributed by atoms with Gasteiger partial charge in [-0.05, 0) is 41.0 Å². The van der Waals surface area contributed by atoms with Crippen molar-refractivity contribution < 1.29 is 4.79 Å². The third kappa shape index (κ3) is 4.67. The number of carbonyl (C=O) groups is 1. The van der Waals surface area contributed by atoms with Gasteiger partial charge in [0.2, 0.25) is 0 Å². The van der Waals surface area contributed by atoms with E-state index in [9.17, 15) is 4.79 Å². The van der Waals surface area contributed by atoms with Crippen molar-refractivity contribution in [2.45, 2.75) is 6.54 Å². The summed E-state index contributed by atoms with van der Waals surface area (Å²) in [6.45, 7) is 0.526. The molecular formula is C23H17Cl2N3O. The van der Waals surface area contributed by atoms with Crippen LogP contribution in [0.3, 0.4) is 0 Å². The van der Waals surface area contributed by atoms with E-state index in [0.29, 0.717) is 28.0 Å². The summed E-state index contributed by atoms with van der Waals surface area (Å²) in [5.41, 5.74) is 3.71. The Balaban J connectivity index is 1.45. The first-order valence-electron chi connectivity index (χ1n) is 9.03. The highest BCUT2D eigenvalue weighted by atomic mass is 35.5. The zero-order valence-corrected chi connectivity index (χ0v) is 16.9. The molecule has 0 unspecified atom stereocenters. The van der Waals surface area contributed by atoms with Crippen LogP contribution < -0.4 is 5.32 Å². The van der Waals surface area contributed by atoms with Crippen LogP contribution >= 0.6 is 23.2 Å². The minimum absolute atomic E-state index is 0.261. The van der Waals surface area contributed by atoms with Gasteiger partial charge in [-0.2, -0.15) is 5.10 Å². The second kappa shape index (κ2) is 8.52. The number of hydrogen-bond donors (Lipinski definition) is 1. The van der Waals surface area contributed by atoms with E-state index in [2.05, 4.69) is 10.4 Å². The highest BCUT2D eigenvalue weighted by Gasteiger charge is 2.13. The molecule has 144 valence electrons. The molecule has 1 aromatic heterocycles. The van der Waals surface area contributed by atoms with Crippen LogP contribution in [-0.2, 0) is 6.54 Å². The van der Waals surface area contributed by atoms with Crippen LogP contribution in [0.4, 0.5) is 5.82 Å². The Bertz CT molecular complexity index is 1120. The Morgan fingerprint density at radius 1 is 0.862 bits per heavy atom. The van der Waals surface area contributed by atoms with Gasteiger partial charge in [0, 0.05) is 16.8 Å². The fourth-order valence-electron chi connectivity index (χ4n) is 2.96. The summed E-state index contributed by atoms with van der Waals surface area (Å²) in [7, 11) is 0. The summed E-state index contributed by atoms with van der Waals surface area (Å²) in [5, 5.41) is 8.22. The molecule has 0 spiro atoms. The average molecular weight is 422 g/mol. The summed E-state index contributed by atoms with van der Waals surface area (Å²) in [6, 6.07) is 24.9. The molecule has 0 aliphatic carbocycles. The topological polar surface area (TPSA) is 46.9 Å². The Labute approximate surface area is 178 Å². The molecular weight excluding hydrogens is 405 g/mol. The molecule has 0 fully saturated rings. The molecule has 0 atom stereocenters. The lowest BCUT2D eigenvalue weighted by atomic mass is 10.0. The van der Waals surface area contributed by atoms with Crippen molar-refractivity contribution in [3.63, 3.8) is 0 Å². The molecule has 0 saturated carbocycles. The van der Waals surface area contributed by atoms with Gasteiger partial charge >= 0.3 is 0 Å². The van der Waals surface area contributed by atoms with Crippen LogP contribution in [0.25, 0.3) is 11.1 Å². The molecule has 0 radical (unpaired) electrons. The first-order chi connectivity index (χ1) is 14.1. The highest BCUT2D eigenvalue weighted by Crippen LogP contribution is 2.23. The zero-order valence-electron chi connectivity index (χ0n) is 15.3. The lowest BCUT2D eigenvalue weighted by Gasteiger charge is -2.05. The average Bonchev–Trinajstić information content (AvgIpc) is 3.09. The first kappa shape index (κ1) is 19.2. The number of carbonyl (C=O) groups excluding carboxylic acids is 1. The predicted molar refractivity (Wildman–Crippen MR) is 118 cm³/mol. The van der Waals surface area contributed by atoms with Gasteiger partial charge in [0.25, 0.3) is 5.91 Å². The lowest BCUT2D eigenvalue weighted by Crippen LogP contribution is -2.13. The number of benzene rings is 3. The molecule has 0 aliphatic heterocycles. The minimum Gasteiger partial charge on any atom is -0.304 e. The largest absolute Gasteiger partial charge is 0.304 e. The van der Waals surface area contributed by atoms with Crippen LogP contribution in [-0.4, -0.2) is 15.7 Å². The minimum atomic E-state index is -0.261. The van der Waals surface area contributed by atoms with E-state index in [1.807, 2.05) is 66.7 Å². The van der Waals surface area contributed by atoms with Crippen LogP contribution in [0, 0.1) is 0 Å². The van der Waals surface area contributed by atoms with Gasteiger partial charge in [-0.1, -0.05) is 77.8 Å². The van der Waals surface area contributed by atoms with Crippen molar-refractivity contribution >= 4 is 34.9 Å². The fraction of sp³-hybridized carbons (Fsp3) is 0.0435. The Hall–Kier alpha value is -3.08. The number of aromatic nitrogens is 2. The maximum Gasteiger partial charge on any atom is 0.256 e. The molecule has 0 aliphatic rings. The number of nitrogens with one attached hydrogen (secondary N) is 1. The van der Waals surface area contributed by atoms with Crippen molar-refractivity contribution in [2.24, 2.45) is 0 Å². The summed E-state index contributed by atoms with van der Waals surface area (Å²) in [5.74, 6) is 0.0704. The van der Waals surface area contributed by atoms with Crippen LogP contribution in [0.2, 0.25) is 10.0 Å². The number of nitrogens with zero attached hydrogens (tertiary/aromatic N) is 2. The lowest BCUT2D eigenvalue weighted by molar-refractivity contribution is 0.102. The van der Waals surface area contributed by atoms with Gasteiger partial charge in [-0.3, -0.25) is 9.48 Å². The van der Waals surface area contributed by atoms with Crippen LogP contribution in [0.5, 0.6) is 0 Å². The Kier molecular flexibility index (Phi) is 5.65. The van der Waals surface area contributed by atoms with Gasteiger partial charge in [0.15, 0.2) is 5.82 Å². The highest BCUT2D eigenvalue weighted by molar-refractivity contribution is 6.33. The Morgan fingerprint density at radius 2 is 1.52 bits per heavy atom. The number of amides is 1. The van der Waals surface area contributed by atoms with Crippen molar-refractivity contribution in [2.75, 3.05) is 5.32 Å². The van der Waals surface area contributed by atoms with Crippen LogP contribution in [0.1, 0.15) is 15.9 Å². The van der Waals surface area contributed by atoms with E-state index >= 15 is 0 Å². The zero-order chi connectivity index (χ0) is 20.2. The third-order valence-electron chi connectivity index (χ3n) is 4.46. The first-order valence-corrected chi connectivity index (χ1v) is 9.78. The molecule has 1 amide bonds. The molecule has 1 N–H and O–H groups in total. The van der Waals surface area contributed by atoms with Crippen LogP contribution in [0.15, 0.2) is 85.1 Å². The summed E-state index contributed by atoms with van der Waals surface area (Å²) in [4.78, 5) is 12.6. The molecule has 0 saturated heterocycles. The second-order valence-corrected chi connectivity index (χ2v) is 7.39. The quantitative estimate of drug-likeness (QED) is 0.419. The smallest absolute Gasteiger partial charge is 0.256 e. The van der Waals surface area contributed by atoms with Gasteiger partial charge in [0.05, 0.1) is 6.54 Å². The monoisotopic (exact) mass is 421 g/mol. The Morgan fingerprint density at radius 3 is 2.21 bits per heavy atom. The van der Waals surface area contributed by atoms with E-state index in [1.54, 1.807) is 23.0 Å². The predicted octanol–water partition coefficient (Wildman–Crippen LogP) is 6.16. The second-order valence-electron chi connectivity index (χ2n) is 6.55. The third-order valence-corrected chi connectivity index (χ3v) is 4.99. The van der Waals surface area contributed by atoms with Crippen molar-refractivity contribution in [1.29, 1.82) is 0 Å². The molecule has 1 heterocycles. The SMILES string of the molecule is O=C(Nc1nn(Cc2ccc(Cl)cc2)cc1Cl)c1ccc(-c2ccccc2)cc1. The van der Waals surface area contributed by atoms with E-state index in [-0.39, 0.29) is 5.91 Å². The summed E-state index contributed by atoms with van der Waals surface area (Å²) >= 11 is 12.2.